The van der Waals surface area contributed by atoms with Gasteiger partial charge in [0.05, 0.1) is 13.0 Å². The second-order valence-electron chi connectivity index (χ2n) is 4.66. The molecule has 0 radical (unpaired) electrons. The van der Waals surface area contributed by atoms with Gasteiger partial charge in [-0.05, 0) is 32.0 Å². The lowest BCUT2D eigenvalue weighted by Gasteiger charge is -2.30. The van der Waals surface area contributed by atoms with Crippen molar-refractivity contribution in [2.75, 3.05) is 20.2 Å². The van der Waals surface area contributed by atoms with Crippen LogP contribution in [0.3, 0.4) is 0 Å². The van der Waals surface area contributed by atoms with Crippen LogP contribution < -0.4 is 0 Å². The summed E-state index contributed by atoms with van der Waals surface area (Å²) in [4.78, 5) is 13.6. The van der Waals surface area contributed by atoms with Crippen molar-refractivity contribution in [1.82, 2.24) is 4.90 Å². The molecule has 0 aromatic heterocycles. The Hall–Kier alpha value is -1.42. The van der Waals surface area contributed by atoms with E-state index < -0.39 is 0 Å². The number of nitrogens with zero attached hydrogens (tertiary/aromatic N) is 1. The predicted octanol–water partition coefficient (Wildman–Crippen LogP) is 2.21. The SMILES string of the molecule is COC(=O)C1CCN(Cc2ccccc2F)CC1. The summed E-state index contributed by atoms with van der Waals surface area (Å²) in [5.41, 5.74) is 0.717. The van der Waals surface area contributed by atoms with Gasteiger partial charge in [0.2, 0.25) is 0 Å². The van der Waals surface area contributed by atoms with Crippen LogP contribution in [0.15, 0.2) is 24.3 Å². The van der Waals surface area contributed by atoms with Gasteiger partial charge in [-0.15, -0.1) is 0 Å². The molecule has 0 saturated carbocycles. The summed E-state index contributed by atoms with van der Waals surface area (Å²) < 4.78 is 18.2. The number of piperidine rings is 1. The Morgan fingerprint density at radius 3 is 2.67 bits per heavy atom. The highest BCUT2D eigenvalue weighted by Crippen LogP contribution is 2.20. The molecule has 98 valence electrons. The van der Waals surface area contributed by atoms with Crippen molar-refractivity contribution < 1.29 is 13.9 Å². The van der Waals surface area contributed by atoms with Gasteiger partial charge in [0.25, 0.3) is 0 Å². The highest BCUT2D eigenvalue weighted by atomic mass is 19.1. The molecule has 1 aliphatic heterocycles. The van der Waals surface area contributed by atoms with Crippen LogP contribution in [0.1, 0.15) is 18.4 Å². The first-order valence-corrected chi connectivity index (χ1v) is 6.24. The summed E-state index contributed by atoms with van der Waals surface area (Å²) in [5.74, 6) is -0.278. The van der Waals surface area contributed by atoms with Crippen LogP contribution in [-0.4, -0.2) is 31.1 Å². The molecule has 0 atom stereocenters. The number of hydrogen-bond donors (Lipinski definition) is 0. The van der Waals surface area contributed by atoms with E-state index in [0.29, 0.717) is 12.1 Å². The molecule has 0 N–H and O–H groups in total. The number of carbonyl (C=O) groups excluding carboxylic acids is 1. The Labute approximate surface area is 107 Å². The third-order valence-corrected chi connectivity index (χ3v) is 3.47. The molecule has 0 unspecified atom stereocenters. The first kappa shape index (κ1) is 13.0. The van der Waals surface area contributed by atoms with E-state index in [1.165, 1.54) is 13.2 Å². The molecule has 1 heterocycles. The Bertz CT molecular complexity index is 414. The highest BCUT2D eigenvalue weighted by molar-refractivity contribution is 5.72. The van der Waals surface area contributed by atoms with E-state index in [4.69, 9.17) is 4.74 Å². The van der Waals surface area contributed by atoms with Crippen LogP contribution in [0.25, 0.3) is 0 Å². The minimum atomic E-state index is -0.160. The molecule has 2 rings (SSSR count). The fraction of sp³-hybridized carbons (Fsp3) is 0.500. The fourth-order valence-corrected chi connectivity index (χ4v) is 2.36. The van der Waals surface area contributed by atoms with Crippen molar-refractivity contribution in [3.63, 3.8) is 0 Å². The number of likely N-dealkylation sites (tertiary alicyclic amines) is 1. The average Bonchev–Trinajstić information content (AvgIpc) is 2.41. The maximum atomic E-state index is 13.5. The number of benzene rings is 1. The Morgan fingerprint density at radius 1 is 1.39 bits per heavy atom. The number of esters is 1. The second kappa shape index (κ2) is 5.96. The van der Waals surface area contributed by atoms with Crippen LogP contribution in [0.2, 0.25) is 0 Å². The molecule has 0 amide bonds. The topological polar surface area (TPSA) is 29.5 Å². The summed E-state index contributed by atoms with van der Waals surface area (Å²) in [6.07, 6.45) is 1.59. The Morgan fingerprint density at radius 2 is 2.06 bits per heavy atom. The van der Waals surface area contributed by atoms with Gasteiger partial charge in [-0.2, -0.15) is 0 Å². The quantitative estimate of drug-likeness (QED) is 0.771. The lowest BCUT2D eigenvalue weighted by Crippen LogP contribution is -2.36. The number of carbonyl (C=O) groups is 1. The summed E-state index contributed by atoms with van der Waals surface area (Å²) in [7, 11) is 1.42. The first-order valence-electron chi connectivity index (χ1n) is 6.24. The number of hydrogen-bond acceptors (Lipinski definition) is 3. The number of rotatable bonds is 3. The third-order valence-electron chi connectivity index (χ3n) is 3.47. The van der Waals surface area contributed by atoms with Crippen molar-refractivity contribution in [3.8, 4) is 0 Å². The molecule has 0 aliphatic carbocycles. The third kappa shape index (κ3) is 3.07. The zero-order valence-electron chi connectivity index (χ0n) is 10.6. The van der Waals surface area contributed by atoms with Gasteiger partial charge in [-0.1, -0.05) is 18.2 Å². The monoisotopic (exact) mass is 251 g/mol. The predicted molar refractivity (Wildman–Crippen MR) is 66.4 cm³/mol. The molecule has 1 fully saturated rings. The van der Waals surface area contributed by atoms with E-state index >= 15 is 0 Å². The molecule has 1 aromatic carbocycles. The van der Waals surface area contributed by atoms with E-state index in [1.54, 1.807) is 6.07 Å². The van der Waals surface area contributed by atoms with Gasteiger partial charge in [0.15, 0.2) is 0 Å². The van der Waals surface area contributed by atoms with Crippen molar-refractivity contribution in [2.24, 2.45) is 5.92 Å². The molecule has 0 bridgehead atoms. The largest absolute Gasteiger partial charge is 0.469 e. The minimum Gasteiger partial charge on any atom is -0.469 e. The fourth-order valence-electron chi connectivity index (χ4n) is 2.36. The molecule has 0 spiro atoms. The minimum absolute atomic E-state index is 0.00636. The first-order chi connectivity index (χ1) is 8.70. The molecular formula is C14H18FNO2. The maximum absolute atomic E-state index is 13.5. The molecule has 1 aromatic rings. The van der Waals surface area contributed by atoms with E-state index in [0.717, 1.165) is 25.9 Å². The zero-order valence-corrected chi connectivity index (χ0v) is 10.6. The van der Waals surface area contributed by atoms with Gasteiger partial charge in [0, 0.05) is 12.1 Å². The van der Waals surface area contributed by atoms with Crippen LogP contribution >= 0.6 is 0 Å². The van der Waals surface area contributed by atoms with Crippen molar-refractivity contribution >= 4 is 5.97 Å². The van der Waals surface area contributed by atoms with Crippen LogP contribution in [-0.2, 0) is 16.1 Å². The molecule has 3 nitrogen and oxygen atoms in total. The number of halogens is 1. The van der Waals surface area contributed by atoms with Gasteiger partial charge in [-0.25, -0.2) is 4.39 Å². The smallest absolute Gasteiger partial charge is 0.308 e. The zero-order chi connectivity index (χ0) is 13.0. The van der Waals surface area contributed by atoms with Crippen molar-refractivity contribution in [3.05, 3.63) is 35.6 Å². The molecule has 4 heteroatoms. The van der Waals surface area contributed by atoms with Crippen LogP contribution in [0.5, 0.6) is 0 Å². The lowest BCUT2D eigenvalue weighted by molar-refractivity contribution is -0.147. The summed E-state index contributed by atoms with van der Waals surface area (Å²) in [5, 5.41) is 0. The normalized spacial score (nSPS) is 17.7. The van der Waals surface area contributed by atoms with Gasteiger partial charge in [0.1, 0.15) is 5.82 Å². The second-order valence-corrected chi connectivity index (χ2v) is 4.66. The highest BCUT2D eigenvalue weighted by Gasteiger charge is 2.25. The molecule has 1 aliphatic rings. The molecular weight excluding hydrogens is 233 g/mol. The molecule has 1 saturated heterocycles. The molecule has 18 heavy (non-hydrogen) atoms. The van der Waals surface area contributed by atoms with Gasteiger partial charge < -0.3 is 4.74 Å². The van der Waals surface area contributed by atoms with E-state index in [2.05, 4.69) is 4.90 Å². The van der Waals surface area contributed by atoms with E-state index in [-0.39, 0.29) is 17.7 Å². The lowest BCUT2D eigenvalue weighted by atomic mass is 9.96. The van der Waals surface area contributed by atoms with Crippen molar-refractivity contribution in [1.29, 1.82) is 0 Å². The standard InChI is InChI=1S/C14H18FNO2/c1-18-14(17)11-6-8-16(9-7-11)10-12-4-2-3-5-13(12)15/h2-5,11H,6-10H2,1H3. The summed E-state index contributed by atoms with van der Waals surface area (Å²) >= 11 is 0. The Kier molecular flexibility index (Phi) is 4.31. The average molecular weight is 251 g/mol. The number of ether oxygens (including phenoxy) is 1. The number of methoxy groups -OCH3 is 1. The van der Waals surface area contributed by atoms with Crippen LogP contribution in [0, 0.1) is 11.7 Å². The summed E-state index contributed by atoms with van der Waals surface area (Å²) in [6.45, 7) is 2.24. The van der Waals surface area contributed by atoms with Gasteiger partial charge in [-0.3, -0.25) is 9.69 Å². The van der Waals surface area contributed by atoms with E-state index in [9.17, 15) is 9.18 Å². The summed E-state index contributed by atoms with van der Waals surface area (Å²) in [6, 6.07) is 6.83. The Balaban J connectivity index is 1.87. The maximum Gasteiger partial charge on any atom is 0.308 e. The van der Waals surface area contributed by atoms with Crippen molar-refractivity contribution in [2.45, 2.75) is 19.4 Å². The van der Waals surface area contributed by atoms with Gasteiger partial charge >= 0.3 is 5.97 Å². The van der Waals surface area contributed by atoms with Crippen LogP contribution in [0.4, 0.5) is 4.39 Å². The van der Waals surface area contributed by atoms with E-state index in [1.807, 2.05) is 12.1 Å².